The molecule has 3 rings (SSSR count). The lowest BCUT2D eigenvalue weighted by Crippen LogP contribution is -1.85. The van der Waals surface area contributed by atoms with Crippen molar-refractivity contribution in [1.29, 1.82) is 0 Å². The van der Waals surface area contributed by atoms with Crippen LogP contribution < -0.4 is 9.47 Å². The molecule has 21 heavy (non-hydrogen) atoms. The molecule has 0 aliphatic carbocycles. The highest BCUT2D eigenvalue weighted by Crippen LogP contribution is 2.25. The molecule has 4 nitrogen and oxygen atoms in total. The molecule has 0 spiro atoms. The first kappa shape index (κ1) is 13.2. The lowest BCUT2D eigenvalue weighted by atomic mass is 10.1. The number of nitrogens with zero attached hydrogens (tertiary/aromatic N) is 1. The molecule has 106 valence electrons. The number of H-pyrrole nitrogens is 1. The summed E-state index contributed by atoms with van der Waals surface area (Å²) in [6.07, 6.45) is 1.83. The van der Waals surface area contributed by atoms with Crippen LogP contribution >= 0.6 is 0 Å². The third-order valence-electron chi connectivity index (χ3n) is 3.32. The first-order valence-electron chi connectivity index (χ1n) is 6.64. The second kappa shape index (κ2) is 5.71. The molecule has 0 aliphatic heterocycles. The van der Waals surface area contributed by atoms with E-state index in [2.05, 4.69) is 9.97 Å². The fourth-order valence-corrected chi connectivity index (χ4v) is 2.15. The minimum atomic E-state index is 0.827. The molecular weight excluding hydrogens is 264 g/mol. The van der Waals surface area contributed by atoms with Gasteiger partial charge in [-0.25, -0.2) is 4.98 Å². The van der Waals surface area contributed by atoms with Crippen molar-refractivity contribution in [3.63, 3.8) is 0 Å². The fourth-order valence-electron chi connectivity index (χ4n) is 2.15. The molecule has 4 heteroatoms. The van der Waals surface area contributed by atoms with Gasteiger partial charge in [0.05, 0.1) is 26.1 Å². The fraction of sp³-hybridized carbons (Fsp3) is 0.118. The van der Waals surface area contributed by atoms with Crippen LogP contribution in [-0.2, 0) is 0 Å². The largest absolute Gasteiger partial charge is 0.497 e. The Morgan fingerprint density at radius 3 is 2.33 bits per heavy atom. The topological polar surface area (TPSA) is 47.1 Å². The summed E-state index contributed by atoms with van der Waals surface area (Å²) in [7, 11) is 3.32. The Labute approximate surface area is 123 Å². The second-order valence-corrected chi connectivity index (χ2v) is 4.61. The van der Waals surface area contributed by atoms with Crippen LogP contribution in [0.15, 0.2) is 54.7 Å². The molecule has 1 heterocycles. The molecule has 0 unspecified atom stereocenters. The van der Waals surface area contributed by atoms with Crippen LogP contribution in [0.3, 0.4) is 0 Å². The quantitative estimate of drug-likeness (QED) is 0.791. The molecule has 2 aromatic carbocycles. The minimum Gasteiger partial charge on any atom is -0.497 e. The summed E-state index contributed by atoms with van der Waals surface area (Å²) in [5.74, 6) is 2.49. The van der Waals surface area contributed by atoms with Gasteiger partial charge in [0.15, 0.2) is 0 Å². The summed E-state index contributed by atoms with van der Waals surface area (Å²) in [4.78, 5) is 7.76. The van der Waals surface area contributed by atoms with Crippen molar-refractivity contribution in [2.75, 3.05) is 14.2 Å². The number of rotatable bonds is 4. The highest BCUT2D eigenvalue weighted by Gasteiger charge is 2.06. The van der Waals surface area contributed by atoms with Gasteiger partial charge < -0.3 is 14.5 Å². The molecule has 0 atom stereocenters. The predicted molar refractivity (Wildman–Crippen MR) is 82.6 cm³/mol. The minimum absolute atomic E-state index is 0.827. The Morgan fingerprint density at radius 1 is 0.857 bits per heavy atom. The maximum absolute atomic E-state index is 5.25. The van der Waals surface area contributed by atoms with Crippen LogP contribution in [0.4, 0.5) is 0 Å². The molecular formula is C17H16N2O2. The third kappa shape index (κ3) is 2.74. The highest BCUT2D eigenvalue weighted by atomic mass is 16.5. The monoisotopic (exact) mass is 280 g/mol. The highest BCUT2D eigenvalue weighted by molar-refractivity contribution is 5.65. The molecule has 0 amide bonds. The summed E-state index contributed by atoms with van der Waals surface area (Å²) in [5, 5.41) is 0. The van der Waals surface area contributed by atoms with E-state index in [1.54, 1.807) is 14.2 Å². The van der Waals surface area contributed by atoms with Gasteiger partial charge in [0, 0.05) is 11.1 Å². The number of ether oxygens (including phenoxy) is 2. The van der Waals surface area contributed by atoms with Gasteiger partial charge in [0.2, 0.25) is 0 Å². The van der Waals surface area contributed by atoms with Crippen LogP contribution in [0.2, 0.25) is 0 Å². The smallest absolute Gasteiger partial charge is 0.137 e. The molecule has 0 fully saturated rings. The molecule has 0 radical (unpaired) electrons. The zero-order chi connectivity index (χ0) is 14.7. The number of nitrogens with one attached hydrogen (secondary N) is 1. The zero-order valence-electron chi connectivity index (χ0n) is 12.0. The van der Waals surface area contributed by atoms with Crippen LogP contribution in [-0.4, -0.2) is 24.2 Å². The number of imidazole rings is 1. The molecule has 1 aromatic heterocycles. The van der Waals surface area contributed by atoms with Gasteiger partial charge in [0.1, 0.15) is 17.3 Å². The van der Waals surface area contributed by atoms with Crippen LogP contribution in [0.1, 0.15) is 0 Å². The Bertz CT molecular complexity index is 733. The van der Waals surface area contributed by atoms with Gasteiger partial charge in [0.25, 0.3) is 0 Å². The van der Waals surface area contributed by atoms with Crippen molar-refractivity contribution in [2.24, 2.45) is 0 Å². The third-order valence-corrected chi connectivity index (χ3v) is 3.32. The Hall–Kier alpha value is -2.75. The van der Waals surface area contributed by atoms with Crippen LogP contribution in [0, 0.1) is 0 Å². The van der Waals surface area contributed by atoms with E-state index in [1.807, 2.05) is 54.7 Å². The summed E-state index contributed by atoms with van der Waals surface area (Å²) in [6.45, 7) is 0. The number of hydrogen-bond donors (Lipinski definition) is 1. The van der Waals surface area contributed by atoms with E-state index >= 15 is 0 Å². The van der Waals surface area contributed by atoms with Gasteiger partial charge in [-0.15, -0.1) is 0 Å². The van der Waals surface area contributed by atoms with Crippen molar-refractivity contribution in [3.8, 4) is 34.1 Å². The maximum Gasteiger partial charge on any atom is 0.137 e. The van der Waals surface area contributed by atoms with Crippen LogP contribution in [0.5, 0.6) is 11.5 Å². The van der Waals surface area contributed by atoms with Gasteiger partial charge in [-0.05, 0) is 36.4 Å². The molecule has 0 aliphatic rings. The summed E-state index contributed by atoms with van der Waals surface area (Å²) in [5.41, 5.74) is 3.02. The molecule has 1 N–H and O–H groups in total. The van der Waals surface area contributed by atoms with E-state index in [1.165, 1.54) is 0 Å². The second-order valence-electron chi connectivity index (χ2n) is 4.61. The lowest BCUT2D eigenvalue weighted by molar-refractivity contribution is 0.415. The number of aromatic amines is 1. The first-order valence-corrected chi connectivity index (χ1v) is 6.64. The van der Waals surface area contributed by atoms with E-state index < -0.39 is 0 Å². The Kier molecular flexibility index (Phi) is 3.60. The van der Waals surface area contributed by atoms with E-state index in [0.717, 1.165) is 34.1 Å². The molecule has 0 saturated heterocycles. The average molecular weight is 280 g/mol. The number of aromatic nitrogens is 2. The van der Waals surface area contributed by atoms with Crippen molar-refractivity contribution < 1.29 is 9.47 Å². The number of hydrogen-bond acceptors (Lipinski definition) is 3. The first-order chi connectivity index (χ1) is 10.3. The Morgan fingerprint density at radius 2 is 1.62 bits per heavy atom. The van der Waals surface area contributed by atoms with Gasteiger partial charge in [-0.2, -0.15) is 0 Å². The van der Waals surface area contributed by atoms with Crippen molar-refractivity contribution in [1.82, 2.24) is 9.97 Å². The van der Waals surface area contributed by atoms with Gasteiger partial charge in [-0.1, -0.05) is 12.1 Å². The van der Waals surface area contributed by atoms with E-state index in [4.69, 9.17) is 9.47 Å². The van der Waals surface area contributed by atoms with Gasteiger partial charge in [-0.3, -0.25) is 0 Å². The summed E-state index contributed by atoms with van der Waals surface area (Å²) >= 11 is 0. The predicted octanol–water partition coefficient (Wildman–Crippen LogP) is 3.76. The molecule has 0 saturated carbocycles. The van der Waals surface area contributed by atoms with Crippen molar-refractivity contribution >= 4 is 0 Å². The molecule has 3 aromatic rings. The van der Waals surface area contributed by atoms with Crippen molar-refractivity contribution in [3.05, 3.63) is 54.7 Å². The Balaban J connectivity index is 1.91. The molecule has 0 bridgehead atoms. The number of benzene rings is 2. The number of methoxy groups -OCH3 is 2. The SMILES string of the molecule is COc1ccc(-c2ncc(-c3cccc(OC)c3)[nH]2)cc1. The normalized spacial score (nSPS) is 10.4. The van der Waals surface area contributed by atoms with E-state index in [0.29, 0.717) is 0 Å². The zero-order valence-corrected chi connectivity index (χ0v) is 12.0. The van der Waals surface area contributed by atoms with Crippen molar-refractivity contribution in [2.45, 2.75) is 0 Å². The van der Waals surface area contributed by atoms with E-state index in [-0.39, 0.29) is 0 Å². The average Bonchev–Trinajstić information content (AvgIpc) is 3.05. The maximum atomic E-state index is 5.25. The standard InChI is InChI=1S/C17H16N2O2/c1-20-14-8-6-12(7-9-14)17-18-11-16(19-17)13-4-3-5-15(10-13)21-2/h3-11H,1-2H3,(H,18,19). The van der Waals surface area contributed by atoms with Gasteiger partial charge >= 0.3 is 0 Å². The summed E-state index contributed by atoms with van der Waals surface area (Å²) in [6, 6.07) is 15.7. The van der Waals surface area contributed by atoms with Crippen LogP contribution in [0.25, 0.3) is 22.6 Å². The van der Waals surface area contributed by atoms with E-state index in [9.17, 15) is 0 Å². The summed E-state index contributed by atoms with van der Waals surface area (Å²) < 4.78 is 10.4. The lowest BCUT2D eigenvalue weighted by Gasteiger charge is -2.02.